The first kappa shape index (κ1) is 22.0. The van der Waals surface area contributed by atoms with Crippen LogP contribution >= 0.6 is 0 Å². The second kappa shape index (κ2) is 9.88. The molecule has 0 fully saturated rings. The number of carbonyl (C=O) groups is 2. The highest BCUT2D eigenvalue weighted by atomic mass is 19.1. The van der Waals surface area contributed by atoms with E-state index in [1.165, 1.54) is 31.4 Å². The van der Waals surface area contributed by atoms with Gasteiger partial charge in [0, 0.05) is 24.5 Å². The van der Waals surface area contributed by atoms with Crippen molar-refractivity contribution >= 4 is 11.9 Å². The Labute approximate surface area is 179 Å². The van der Waals surface area contributed by atoms with E-state index < -0.39 is 5.97 Å². The summed E-state index contributed by atoms with van der Waals surface area (Å²) in [6.45, 7) is 3.95. The van der Waals surface area contributed by atoms with Crippen LogP contribution < -0.4 is 10.1 Å². The second-order valence-corrected chi connectivity index (χ2v) is 6.96. The lowest BCUT2D eigenvalue weighted by atomic mass is 10.0. The number of aromatic nitrogens is 2. The summed E-state index contributed by atoms with van der Waals surface area (Å²) in [6, 6.07) is 9.06. The van der Waals surface area contributed by atoms with Crippen molar-refractivity contribution in [1.82, 2.24) is 15.3 Å². The summed E-state index contributed by atoms with van der Waals surface area (Å²) in [5.74, 6) is -0.355. The molecule has 1 aromatic carbocycles. The number of ether oxygens (including phenoxy) is 2. The lowest BCUT2D eigenvalue weighted by molar-refractivity contribution is 0.0599. The molecule has 0 unspecified atom stereocenters. The number of aromatic amines is 1. The van der Waals surface area contributed by atoms with Crippen LogP contribution in [0.15, 0.2) is 42.6 Å². The van der Waals surface area contributed by atoms with Gasteiger partial charge in [0.2, 0.25) is 5.88 Å². The average Bonchev–Trinajstić information content (AvgIpc) is 3.09. The number of esters is 1. The largest absolute Gasteiger partial charge is 0.465 e. The van der Waals surface area contributed by atoms with Gasteiger partial charge in [-0.3, -0.25) is 4.79 Å². The molecule has 31 heavy (non-hydrogen) atoms. The number of methoxy groups -OCH3 is 1. The van der Waals surface area contributed by atoms with E-state index in [1.54, 1.807) is 25.3 Å². The summed E-state index contributed by atoms with van der Waals surface area (Å²) in [6.07, 6.45) is 2.91. The maximum atomic E-state index is 13.0. The van der Waals surface area contributed by atoms with Gasteiger partial charge in [-0.2, -0.15) is 0 Å². The van der Waals surface area contributed by atoms with Crippen LogP contribution in [0.1, 0.15) is 51.0 Å². The molecule has 2 aromatic heterocycles. The molecule has 3 rings (SSSR count). The fraction of sp³-hybridized carbons (Fsp3) is 0.261. The van der Waals surface area contributed by atoms with E-state index >= 15 is 0 Å². The molecule has 0 saturated carbocycles. The predicted octanol–water partition coefficient (Wildman–Crippen LogP) is 4.32. The van der Waals surface area contributed by atoms with Gasteiger partial charge in [0.25, 0.3) is 5.91 Å². The molecule has 0 spiro atoms. The lowest BCUT2D eigenvalue weighted by Crippen LogP contribution is -2.24. The summed E-state index contributed by atoms with van der Waals surface area (Å²) >= 11 is 0. The van der Waals surface area contributed by atoms with Crippen LogP contribution in [0.2, 0.25) is 0 Å². The van der Waals surface area contributed by atoms with E-state index in [0.717, 1.165) is 12.0 Å². The van der Waals surface area contributed by atoms with Gasteiger partial charge < -0.3 is 19.8 Å². The quantitative estimate of drug-likeness (QED) is 0.525. The Morgan fingerprint density at radius 3 is 2.61 bits per heavy atom. The fourth-order valence-corrected chi connectivity index (χ4v) is 3.26. The van der Waals surface area contributed by atoms with Gasteiger partial charge in [-0.25, -0.2) is 14.2 Å². The van der Waals surface area contributed by atoms with Crippen LogP contribution in [0.4, 0.5) is 4.39 Å². The van der Waals surface area contributed by atoms with E-state index in [4.69, 9.17) is 9.47 Å². The number of hydrogen-bond donors (Lipinski definition) is 2. The Morgan fingerprint density at radius 2 is 1.94 bits per heavy atom. The minimum Gasteiger partial charge on any atom is -0.465 e. The highest BCUT2D eigenvalue weighted by molar-refractivity contribution is 6.00. The second-order valence-electron chi connectivity index (χ2n) is 6.96. The molecule has 1 amide bonds. The number of H-pyrrole nitrogens is 1. The highest BCUT2D eigenvalue weighted by Crippen LogP contribution is 2.23. The smallest absolute Gasteiger partial charge is 0.339 e. The van der Waals surface area contributed by atoms with E-state index in [1.807, 2.05) is 6.92 Å². The predicted molar refractivity (Wildman–Crippen MR) is 113 cm³/mol. The van der Waals surface area contributed by atoms with Crippen molar-refractivity contribution in [2.75, 3.05) is 7.11 Å². The van der Waals surface area contributed by atoms with Gasteiger partial charge in [0.05, 0.1) is 12.7 Å². The summed E-state index contributed by atoms with van der Waals surface area (Å²) in [4.78, 5) is 32.1. The third kappa shape index (κ3) is 5.28. The van der Waals surface area contributed by atoms with Crippen LogP contribution in [0.5, 0.6) is 11.6 Å². The van der Waals surface area contributed by atoms with Crippen LogP contribution in [0.3, 0.4) is 0 Å². The molecule has 8 heteroatoms. The van der Waals surface area contributed by atoms with Crippen LogP contribution in [0.25, 0.3) is 0 Å². The van der Waals surface area contributed by atoms with E-state index in [0.29, 0.717) is 40.6 Å². The van der Waals surface area contributed by atoms with Crippen LogP contribution in [0, 0.1) is 12.7 Å². The molecule has 162 valence electrons. The van der Waals surface area contributed by atoms with Crippen molar-refractivity contribution in [3.05, 3.63) is 76.5 Å². The summed E-state index contributed by atoms with van der Waals surface area (Å²) in [5, 5.41) is 2.85. The van der Waals surface area contributed by atoms with Gasteiger partial charge in [-0.15, -0.1) is 0 Å². The Hall–Kier alpha value is -3.68. The van der Waals surface area contributed by atoms with Crippen molar-refractivity contribution in [1.29, 1.82) is 0 Å². The van der Waals surface area contributed by atoms with Crippen molar-refractivity contribution in [2.24, 2.45) is 0 Å². The Bertz CT molecular complexity index is 1080. The van der Waals surface area contributed by atoms with E-state index in [-0.39, 0.29) is 18.3 Å². The first-order valence-corrected chi connectivity index (χ1v) is 9.89. The van der Waals surface area contributed by atoms with Crippen molar-refractivity contribution < 1.29 is 23.5 Å². The third-order valence-electron chi connectivity index (χ3n) is 4.70. The SMILES string of the molecule is CCCc1c(C(=O)NCc2ccnc(Oc3ccc(F)cc3)c2)[nH]c(C)c1C(=O)OC. The standard InChI is InChI=1S/C23H24FN3O4/c1-4-5-18-20(23(29)30-3)14(2)27-21(18)22(28)26-13-15-10-11-25-19(12-15)31-17-8-6-16(24)7-9-17/h6-12,27H,4-5,13H2,1-3H3,(H,26,28). The molecule has 2 N–H and O–H groups in total. The number of pyridine rings is 1. The molecule has 0 aliphatic rings. The van der Waals surface area contributed by atoms with Gasteiger partial charge in [-0.05, 0) is 54.8 Å². The molecule has 7 nitrogen and oxygen atoms in total. The number of halogens is 1. The first-order valence-electron chi connectivity index (χ1n) is 9.89. The van der Waals surface area contributed by atoms with Gasteiger partial charge in [0.15, 0.2) is 0 Å². The fourth-order valence-electron chi connectivity index (χ4n) is 3.26. The average molecular weight is 425 g/mol. The zero-order chi connectivity index (χ0) is 22.4. The maximum absolute atomic E-state index is 13.0. The van der Waals surface area contributed by atoms with Gasteiger partial charge >= 0.3 is 5.97 Å². The zero-order valence-electron chi connectivity index (χ0n) is 17.6. The monoisotopic (exact) mass is 425 g/mol. The van der Waals surface area contributed by atoms with E-state index in [9.17, 15) is 14.0 Å². The molecule has 0 saturated heterocycles. The van der Waals surface area contributed by atoms with Crippen molar-refractivity contribution in [3.8, 4) is 11.6 Å². The topological polar surface area (TPSA) is 93.3 Å². The number of hydrogen-bond acceptors (Lipinski definition) is 5. The van der Waals surface area contributed by atoms with Crippen molar-refractivity contribution in [3.63, 3.8) is 0 Å². The summed E-state index contributed by atoms with van der Waals surface area (Å²) < 4.78 is 23.5. The van der Waals surface area contributed by atoms with Gasteiger partial charge in [-0.1, -0.05) is 13.3 Å². The number of carbonyl (C=O) groups excluding carboxylic acids is 2. The molecule has 2 heterocycles. The minimum absolute atomic E-state index is 0.234. The Morgan fingerprint density at radius 1 is 1.19 bits per heavy atom. The number of aryl methyl sites for hydroxylation is 1. The third-order valence-corrected chi connectivity index (χ3v) is 4.70. The molecule has 0 atom stereocenters. The lowest BCUT2D eigenvalue weighted by Gasteiger charge is -2.09. The summed E-state index contributed by atoms with van der Waals surface area (Å²) in [7, 11) is 1.32. The molecular weight excluding hydrogens is 401 g/mol. The normalized spacial score (nSPS) is 10.6. The number of amides is 1. The first-order chi connectivity index (χ1) is 14.9. The number of nitrogens with one attached hydrogen (secondary N) is 2. The number of rotatable bonds is 8. The summed E-state index contributed by atoms with van der Waals surface area (Å²) in [5.41, 5.74) is 2.79. The van der Waals surface area contributed by atoms with Crippen LogP contribution in [-0.4, -0.2) is 29.0 Å². The molecule has 0 bridgehead atoms. The molecule has 0 radical (unpaired) electrons. The Kier molecular flexibility index (Phi) is 7.02. The molecule has 3 aromatic rings. The minimum atomic E-state index is -0.465. The highest BCUT2D eigenvalue weighted by Gasteiger charge is 2.24. The zero-order valence-corrected chi connectivity index (χ0v) is 17.6. The number of nitrogens with zero attached hydrogens (tertiary/aromatic N) is 1. The molecule has 0 aliphatic carbocycles. The van der Waals surface area contributed by atoms with E-state index in [2.05, 4.69) is 15.3 Å². The maximum Gasteiger partial charge on any atom is 0.339 e. The van der Waals surface area contributed by atoms with Gasteiger partial charge in [0.1, 0.15) is 17.3 Å². The molecular formula is C23H24FN3O4. The number of benzene rings is 1. The Balaban J connectivity index is 1.72. The molecule has 0 aliphatic heterocycles. The van der Waals surface area contributed by atoms with Crippen LogP contribution in [-0.2, 0) is 17.7 Å². The van der Waals surface area contributed by atoms with Crippen molar-refractivity contribution in [2.45, 2.75) is 33.2 Å².